The Morgan fingerprint density at radius 1 is 1.21 bits per heavy atom. The molecule has 0 bridgehead atoms. The minimum Gasteiger partial charge on any atom is -0.492 e. The zero-order chi connectivity index (χ0) is 23.4. The Kier molecular flexibility index (Phi) is 6.70. The molecule has 1 aliphatic rings. The van der Waals surface area contributed by atoms with Gasteiger partial charge in [0.15, 0.2) is 0 Å². The molecule has 1 aliphatic heterocycles. The molecule has 1 N–H and O–H groups in total. The van der Waals surface area contributed by atoms with Gasteiger partial charge in [-0.05, 0) is 54.2 Å². The molecule has 7 nitrogen and oxygen atoms in total. The second-order valence-electron chi connectivity index (χ2n) is 8.73. The highest BCUT2D eigenvalue weighted by Crippen LogP contribution is 2.41. The maximum atomic E-state index is 12.7. The van der Waals surface area contributed by atoms with E-state index in [4.69, 9.17) is 13.9 Å². The second kappa shape index (κ2) is 9.67. The van der Waals surface area contributed by atoms with Gasteiger partial charge in [-0.2, -0.15) is 0 Å². The lowest BCUT2D eigenvalue weighted by molar-refractivity contribution is -0.00171. The van der Waals surface area contributed by atoms with E-state index < -0.39 is 11.6 Å². The predicted octanol–water partition coefficient (Wildman–Crippen LogP) is 4.59. The third-order valence-corrected chi connectivity index (χ3v) is 6.15. The zero-order valence-electron chi connectivity index (χ0n) is 19.0. The first-order valence-electron chi connectivity index (χ1n) is 11.3. The summed E-state index contributed by atoms with van der Waals surface area (Å²) >= 11 is 0. The van der Waals surface area contributed by atoms with Gasteiger partial charge in [0.25, 0.3) is 5.56 Å². The maximum absolute atomic E-state index is 12.7. The first-order valence-corrected chi connectivity index (χ1v) is 11.3. The molecule has 0 saturated carbocycles. The maximum Gasteiger partial charge on any atom is 0.372 e. The summed E-state index contributed by atoms with van der Waals surface area (Å²) in [5, 5.41) is 9.46. The van der Waals surface area contributed by atoms with Gasteiger partial charge in [-0.25, -0.2) is 4.79 Å². The lowest BCUT2D eigenvalue weighted by atomic mass is 9.85. The van der Waals surface area contributed by atoms with Crippen molar-refractivity contribution in [3.05, 3.63) is 87.7 Å². The number of carboxylic acids is 1. The van der Waals surface area contributed by atoms with Crippen LogP contribution in [0.25, 0.3) is 0 Å². The van der Waals surface area contributed by atoms with Crippen LogP contribution in [-0.4, -0.2) is 28.9 Å². The van der Waals surface area contributed by atoms with Crippen LogP contribution < -0.4 is 10.3 Å². The summed E-state index contributed by atoms with van der Waals surface area (Å²) in [6.45, 7) is 5.64. The van der Waals surface area contributed by atoms with Crippen LogP contribution in [0.15, 0.2) is 64.1 Å². The van der Waals surface area contributed by atoms with Crippen LogP contribution in [0.1, 0.15) is 59.9 Å². The Morgan fingerprint density at radius 2 is 2.00 bits per heavy atom. The third kappa shape index (κ3) is 5.03. The van der Waals surface area contributed by atoms with E-state index in [2.05, 4.69) is 26.0 Å². The molecule has 174 valence electrons. The fourth-order valence-electron chi connectivity index (χ4n) is 4.36. The Hall–Kier alpha value is -3.32. The van der Waals surface area contributed by atoms with E-state index in [9.17, 15) is 14.7 Å². The normalized spacial score (nSPS) is 18.0. The van der Waals surface area contributed by atoms with E-state index in [1.165, 1.54) is 11.8 Å². The van der Waals surface area contributed by atoms with Crippen LogP contribution in [0.2, 0.25) is 0 Å². The number of aromatic carboxylic acids is 1. The Morgan fingerprint density at radius 3 is 2.64 bits per heavy atom. The van der Waals surface area contributed by atoms with E-state index >= 15 is 0 Å². The Balaban J connectivity index is 1.43. The summed E-state index contributed by atoms with van der Waals surface area (Å²) < 4.78 is 18.6. The molecule has 0 radical (unpaired) electrons. The van der Waals surface area contributed by atoms with Crippen molar-refractivity contribution in [1.82, 2.24) is 4.57 Å². The molecule has 2 aromatic heterocycles. The van der Waals surface area contributed by atoms with Crippen molar-refractivity contribution in [2.45, 2.75) is 51.2 Å². The fourth-order valence-corrected chi connectivity index (χ4v) is 4.36. The van der Waals surface area contributed by atoms with Crippen LogP contribution in [-0.2, 0) is 23.3 Å². The van der Waals surface area contributed by atoms with E-state index in [-0.39, 0.29) is 11.3 Å². The summed E-state index contributed by atoms with van der Waals surface area (Å²) in [6.07, 6.45) is 5.01. The van der Waals surface area contributed by atoms with Crippen molar-refractivity contribution >= 4 is 5.97 Å². The van der Waals surface area contributed by atoms with Crippen LogP contribution in [0.3, 0.4) is 0 Å². The van der Waals surface area contributed by atoms with E-state index in [0.717, 1.165) is 17.7 Å². The Bertz CT molecular complexity index is 1150. The number of hydrogen-bond donors (Lipinski definition) is 1. The number of rotatable bonds is 9. The van der Waals surface area contributed by atoms with Crippen LogP contribution in [0.4, 0.5) is 0 Å². The number of hydrogen-bond acceptors (Lipinski definition) is 5. The van der Waals surface area contributed by atoms with Gasteiger partial charge in [-0.1, -0.05) is 26.0 Å². The van der Waals surface area contributed by atoms with Crippen LogP contribution in [0, 0.1) is 0 Å². The quantitative estimate of drug-likeness (QED) is 0.512. The van der Waals surface area contributed by atoms with Crippen molar-refractivity contribution in [2.75, 3.05) is 13.2 Å². The molecule has 3 aromatic rings. The van der Waals surface area contributed by atoms with Gasteiger partial charge in [-0.15, -0.1) is 0 Å². The number of benzene rings is 1. The van der Waals surface area contributed by atoms with Gasteiger partial charge in [0, 0.05) is 30.9 Å². The van der Waals surface area contributed by atoms with Gasteiger partial charge in [0.1, 0.15) is 18.0 Å². The molecule has 0 amide bonds. The lowest BCUT2D eigenvalue weighted by Crippen LogP contribution is -2.30. The fraction of sp³-hybridized carbons (Fsp3) is 0.385. The molecule has 1 atom stereocenters. The molecular formula is C26H29NO6. The molecule has 4 rings (SSSR count). The minimum absolute atomic E-state index is 0.108. The smallest absolute Gasteiger partial charge is 0.372 e. The van der Waals surface area contributed by atoms with Crippen molar-refractivity contribution in [3.63, 3.8) is 0 Å². The van der Waals surface area contributed by atoms with Gasteiger partial charge in [0.05, 0.1) is 12.8 Å². The zero-order valence-corrected chi connectivity index (χ0v) is 19.0. The van der Waals surface area contributed by atoms with Crippen molar-refractivity contribution < 1.29 is 23.8 Å². The molecule has 0 spiro atoms. The van der Waals surface area contributed by atoms with E-state index in [1.807, 2.05) is 18.2 Å². The largest absolute Gasteiger partial charge is 0.492 e. The first-order chi connectivity index (χ1) is 15.9. The summed E-state index contributed by atoms with van der Waals surface area (Å²) in [6, 6.07) is 13.1. The molecule has 33 heavy (non-hydrogen) atoms. The van der Waals surface area contributed by atoms with Gasteiger partial charge >= 0.3 is 5.97 Å². The first kappa shape index (κ1) is 22.9. The molecule has 3 heterocycles. The number of ether oxygens (including phenoxy) is 2. The molecule has 1 fully saturated rings. The number of nitrogens with zero attached hydrogens (tertiary/aromatic N) is 1. The topological polar surface area (TPSA) is 90.9 Å². The number of pyridine rings is 1. The van der Waals surface area contributed by atoms with E-state index in [0.29, 0.717) is 44.1 Å². The van der Waals surface area contributed by atoms with E-state index in [1.54, 1.807) is 22.9 Å². The number of furan rings is 1. The summed E-state index contributed by atoms with van der Waals surface area (Å²) in [4.78, 5) is 24.3. The summed E-state index contributed by atoms with van der Waals surface area (Å²) in [7, 11) is 0. The highest BCUT2D eigenvalue weighted by Gasteiger charge is 2.41. The summed E-state index contributed by atoms with van der Waals surface area (Å²) in [5.41, 5.74) is 1.63. The molecule has 1 aromatic carbocycles. The SMILES string of the molecule is CC(C)c1ccc(OCCn2ccc(CC3(c4ccoc4C(=O)O)CCCO3)cc2=O)cc1. The van der Waals surface area contributed by atoms with Crippen LogP contribution >= 0.6 is 0 Å². The number of aromatic nitrogens is 1. The van der Waals surface area contributed by atoms with Gasteiger partial charge in [0.2, 0.25) is 5.76 Å². The standard InChI is InChI=1S/C26H29NO6/c1-18(2)20-4-6-21(7-5-20)31-15-12-27-11-8-19(16-23(27)28)17-26(10-3-13-33-26)22-9-14-32-24(22)25(29)30/h4-9,11,14,16,18H,3,10,12-13,15,17H2,1-2H3,(H,29,30). The highest BCUT2D eigenvalue weighted by molar-refractivity contribution is 5.86. The van der Waals surface area contributed by atoms with Crippen molar-refractivity contribution in [1.29, 1.82) is 0 Å². The van der Waals surface area contributed by atoms with Crippen molar-refractivity contribution in [2.24, 2.45) is 0 Å². The average Bonchev–Trinajstić information content (AvgIpc) is 3.46. The second-order valence-corrected chi connectivity index (χ2v) is 8.73. The van der Waals surface area contributed by atoms with Gasteiger partial charge in [-0.3, -0.25) is 4.79 Å². The lowest BCUT2D eigenvalue weighted by Gasteiger charge is -2.28. The Labute approximate surface area is 192 Å². The molecule has 1 saturated heterocycles. The third-order valence-electron chi connectivity index (χ3n) is 6.15. The van der Waals surface area contributed by atoms with Crippen molar-refractivity contribution in [3.8, 4) is 5.75 Å². The monoisotopic (exact) mass is 451 g/mol. The predicted molar refractivity (Wildman–Crippen MR) is 123 cm³/mol. The summed E-state index contributed by atoms with van der Waals surface area (Å²) in [5.74, 6) is 0.0100. The molecular weight excluding hydrogens is 422 g/mol. The number of carboxylic acid groups (broad SMARTS) is 1. The minimum atomic E-state index is -1.13. The molecule has 1 unspecified atom stereocenters. The number of carbonyl (C=O) groups is 1. The molecule has 0 aliphatic carbocycles. The van der Waals surface area contributed by atoms with Crippen LogP contribution in [0.5, 0.6) is 5.75 Å². The molecule has 7 heteroatoms. The van der Waals surface area contributed by atoms with Gasteiger partial charge < -0.3 is 23.6 Å². The average molecular weight is 452 g/mol. The highest BCUT2D eigenvalue weighted by atomic mass is 16.5.